The predicted octanol–water partition coefficient (Wildman–Crippen LogP) is 3.12. The van der Waals surface area contributed by atoms with Crippen LogP contribution in [0, 0.1) is 5.92 Å². The van der Waals surface area contributed by atoms with Crippen LogP contribution in [0.5, 0.6) is 0 Å². The summed E-state index contributed by atoms with van der Waals surface area (Å²) in [5.41, 5.74) is 3.88. The molecule has 1 heterocycles. The summed E-state index contributed by atoms with van der Waals surface area (Å²) in [5, 5.41) is 13.0. The van der Waals surface area contributed by atoms with Crippen LogP contribution in [0.4, 0.5) is 0 Å². The SMILES string of the molecule is CC(c1ccc2c(c1)CCNC2O)C1CCCC1. The zero-order chi connectivity index (χ0) is 12.5. The third-order valence-corrected chi connectivity index (χ3v) is 4.83. The number of aliphatic hydroxyl groups excluding tert-OH is 1. The van der Waals surface area contributed by atoms with Crippen molar-refractivity contribution in [1.29, 1.82) is 0 Å². The van der Waals surface area contributed by atoms with E-state index < -0.39 is 6.23 Å². The van der Waals surface area contributed by atoms with Gasteiger partial charge in [0.15, 0.2) is 0 Å². The van der Waals surface area contributed by atoms with Crippen molar-refractivity contribution in [3.05, 3.63) is 34.9 Å². The van der Waals surface area contributed by atoms with Crippen LogP contribution in [0.2, 0.25) is 0 Å². The lowest BCUT2D eigenvalue weighted by atomic mass is 9.84. The van der Waals surface area contributed by atoms with Crippen molar-refractivity contribution in [3.63, 3.8) is 0 Å². The van der Waals surface area contributed by atoms with Gasteiger partial charge < -0.3 is 5.11 Å². The standard InChI is InChI=1S/C16H23NO/c1-11(12-4-2-3-5-12)13-6-7-15-14(10-13)8-9-17-16(15)18/h6-7,10-12,16-18H,2-5,8-9H2,1H3. The van der Waals surface area contributed by atoms with Gasteiger partial charge in [0.05, 0.1) is 0 Å². The van der Waals surface area contributed by atoms with Crippen molar-refractivity contribution in [1.82, 2.24) is 5.32 Å². The fraction of sp³-hybridized carbons (Fsp3) is 0.625. The van der Waals surface area contributed by atoms with Crippen LogP contribution in [0.25, 0.3) is 0 Å². The molecule has 0 aromatic heterocycles. The van der Waals surface area contributed by atoms with Crippen LogP contribution in [0.15, 0.2) is 18.2 Å². The highest BCUT2D eigenvalue weighted by molar-refractivity contribution is 5.36. The lowest BCUT2D eigenvalue weighted by Crippen LogP contribution is -2.29. The zero-order valence-electron chi connectivity index (χ0n) is 11.2. The smallest absolute Gasteiger partial charge is 0.131 e. The molecule has 2 aliphatic rings. The van der Waals surface area contributed by atoms with Crippen molar-refractivity contribution in [2.24, 2.45) is 5.92 Å². The van der Waals surface area contributed by atoms with Gasteiger partial charge in [-0.1, -0.05) is 38.0 Å². The van der Waals surface area contributed by atoms with E-state index in [1.54, 1.807) is 0 Å². The summed E-state index contributed by atoms with van der Waals surface area (Å²) in [7, 11) is 0. The van der Waals surface area contributed by atoms with Gasteiger partial charge in [-0.2, -0.15) is 0 Å². The van der Waals surface area contributed by atoms with Gasteiger partial charge in [-0.15, -0.1) is 0 Å². The van der Waals surface area contributed by atoms with Crippen molar-refractivity contribution in [3.8, 4) is 0 Å². The summed E-state index contributed by atoms with van der Waals surface area (Å²) in [6.07, 6.45) is 6.16. The Hall–Kier alpha value is -0.860. The average Bonchev–Trinajstić information content (AvgIpc) is 2.91. The predicted molar refractivity (Wildman–Crippen MR) is 73.5 cm³/mol. The molecule has 2 atom stereocenters. The molecule has 18 heavy (non-hydrogen) atoms. The van der Waals surface area contributed by atoms with E-state index >= 15 is 0 Å². The highest BCUT2D eigenvalue weighted by atomic mass is 16.3. The molecule has 1 aliphatic carbocycles. The second-order valence-corrected chi connectivity index (χ2v) is 5.90. The van der Waals surface area contributed by atoms with Crippen LogP contribution in [-0.2, 0) is 6.42 Å². The van der Waals surface area contributed by atoms with Crippen LogP contribution in [0.3, 0.4) is 0 Å². The first-order valence-electron chi connectivity index (χ1n) is 7.30. The van der Waals surface area contributed by atoms with Gasteiger partial charge in [-0.05, 0) is 47.8 Å². The minimum atomic E-state index is -0.468. The summed E-state index contributed by atoms with van der Waals surface area (Å²) >= 11 is 0. The average molecular weight is 245 g/mol. The van der Waals surface area contributed by atoms with Gasteiger partial charge in [-0.3, -0.25) is 5.32 Å². The van der Waals surface area contributed by atoms with Crippen LogP contribution < -0.4 is 5.32 Å². The second kappa shape index (κ2) is 5.02. The molecule has 1 fully saturated rings. The summed E-state index contributed by atoms with van der Waals surface area (Å²) < 4.78 is 0. The van der Waals surface area contributed by atoms with Crippen molar-refractivity contribution in [2.45, 2.75) is 51.2 Å². The number of rotatable bonds is 2. The molecule has 1 aromatic carbocycles. The Balaban J connectivity index is 1.85. The molecular formula is C16H23NO. The van der Waals surface area contributed by atoms with E-state index in [2.05, 4.69) is 30.4 Å². The molecule has 2 N–H and O–H groups in total. The number of fused-ring (bicyclic) bond motifs is 1. The first-order chi connectivity index (χ1) is 8.75. The molecule has 0 amide bonds. The monoisotopic (exact) mass is 245 g/mol. The Morgan fingerprint density at radius 2 is 2.06 bits per heavy atom. The second-order valence-electron chi connectivity index (χ2n) is 5.90. The number of nitrogens with one attached hydrogen (secondary N) is 1. The van der Waals surface area contributed by atoms with Gasteiger partial charge in [0.25, 0.3) is 0 Å². The third-order valence-electron chi connectivity index (χ3n) is 4.83. The fourth-order valence-corrected chi connectivity index (χ4v) is 3.58. The number of hydrogen-bond acceptors (Lipinski definition) is 2. The van der Waals surface area contributed by atoms with E-state index in [9.17, 15) is 5.11 Å². The topological polar surface area (TPSA) is 32.3 Å². The van der Waals surface area contributed by atoms with Gasteiger partial charge in [-0.25, -0.2) is 0 Å². The van der Waals surface area contributed by atoms with Gasteiger partial charge in [0.2, 0.25) is 0 Å². The summed E-state index contributed by atoms with van der Waals surface area (Å²) in [6.45, 7) is 3.25. The third kappa shape index (κ3) is 2.19. The Labute approximate surface area is 109 Å². The highest BCUT2D eigenvalue weighted by Gasteiger charge is 2.24. The van der Waals surface area contributed by atoms with Crippen LogP contribution >= 0.6 is 0 Å². The summed E-state index contributed by atoms with van der Waals surface area (Å²) in [4.78, 5) is 0. The minimum Gasteiger partial charge on any atom is -0.374 e. The summed E-state index contributed by atoms with van der Waals surface area (Å²) in [6, 6.07) is 6.67. The molecule has 98 valence electrons. The molecule has 0 saturated heterocycles. The molecule has 0 radical (unpaired) electrons. The Morgan fingerprint density at radius 3 is 2.83 bits per heavy atom. The van der Waals surface area contributed by atoms with E-state index in [1.807, 2.05) is 0 Å². The quantitative estimate of drug-likeness (QED) is 0.839. The highest BCUT2D eigenvalue weighted by Crippen LogP contribution is 2.38. The van der Waals surface area contributed by atoms with E-state index in [0.717, 1.165) is 24.4 Å². The van der Waals surface area contributed by atoms with E-state index in [1.165, 1.54) is 36.8 Å². The molecule has 0 spiro atoms. The zero-order valence-corrected chi connectivity index (χ0v) is 11.2. The molecule has 2 unspecified atom stereocenters. The van der Waals surface area contributed by atoms with Crippen molar-refractivity contribution >= 4 is 0 Å². The lowest BCUT2D eigenvalue weighted by Gasteiger charge is -2.26. The molecule has 1 aliphatic heterocycles. The van der Waals surface area contributed by atoms with E-state index in [0.29, 0.717) is 5.92 Å². The number of hydrogen-bond donors (Lipinski definition) is 2. The maximum Gasteiger partial charge on any atom is 0.131 e. The number of aliphatic hydroxyl groups is 1. The normalized spacial score (nSPS) is 26.0. The van der Waals surface area contributed by atoms with Crippen molar-refractivity contribution < 1.29 is 5.11 Å². The molecular weight excluding hydrogens is 222 g/mol. The van der Waals surface area contributed by atoms with E-state index in [4.69, 9.17) is 0 Å². The lowest BCUT2D eigenvalue weighted by molar-refractivity contribution is 0.132. The maximum atomic E-state index is 9.89. The molecule has 3 rings (SSSR count). The van der Waals surface area contributed by atoms with Gasteiger partial charge in [0, 0.05) is 6.54 Å². The molecule has 1 saturated carbocycles. The molecule has 2 heteroatoms. The molecule has 0 bridgehead atoms. The minimum absolute atomic E-state index is 0.468. The van der Waals surface area contributed by atoms with Crippen LogP contribution in [0.1, 0.15) is 61.4 Å². The van der Waals surface area contributed by atoms with Crippen LogP contribution in [-0.4, -0.2) is 11.7 Å². The Kier molecular flexibility index (Phi) is 3.40. The first-order valence-corrected chi connectivity index (χ1v) is 7.30. The number of benzene rings is 1. The maximum absolute atomic E-state index is 9.89. The first kappa shape index (κ1) is 12.2. The molecule has 2 nitrogen and oxygen atoms in total. The van der Waals surface area contributed by atoms with Gasteiger partial charge in [0.1, 0.15) is 6.23 Å². The molecule has 1 aromatic rings. The van der Waals surface area contributed by atoms with E-state index in [-0.39, 0.29) is 0 Å². The van der Waals surface area contributed by atoms with Crippen molar-refractivity contribution in [2.75, 3.05) is 6.54 Å². The Bertz CT molecular complexity index is 423. The fourth-order valence-electron chi connectivity index (χ4n) is 3.58. The van der Waals surface area contributed by atoms with Gasteiger partial charge >= 0.3 is 0 Å². The summed E-state index contributed by atoms with van der Waals surface area (Å²) in [5.74, 6) is 1.54. The largest absolute Gasteiger partial charge is 0.374 e. The Morgan fingerprint density at radius 1 is 1.28 bits per heavy atom.